The highest BCUT2D eigenvalue weighted by molar-refractivity contribution is 5.95. The van der Waals surface area contributed by atoms with Crippen LogP contribution in [0.25, 0.3) is 11.3 Å². The lowest BCUT2D eigenvalue weighted by molar-refractivity contribution is 0.0948. The number of hydrazone groups is 1. The number of carbonyl (C=O) groups excluding carboxylic acids is 1. The summed E-state index contributed by atoms with van der Waals surface area (Å²) in [6.45, 7) is 10.0. The number of rotatable bonds is 4. The number of pyridine rings is 1. The zero-order chi connectivity index (χ0) is 21.4. The van der Waals surface area contributed by atoms with E-state index in [2.05, 4.69) is 64.3 Å². The molecule has 0 aliphatic rings. The average molecular weight is 399 g/mol. The minimum atomic E-state index is -0.285. The van der Waals surface area contributed by atoms with Crippen LogP contribution >= 0.6 is 0 Å². The molecule has 3 heterocycles. The number of fused-ring (bicyclic) bond motifs is 1. The highest BCUT2D eigenvalue weighted by atomic mass is 16.2. The third-order valence-corrected chi connectivity index (χ3v) is 5.30. The number of carbonyl (C=O) groups is 1. The fourth-order valence-electron chi connectivity index (χ4n) is 3.76. The van der Waals surface area contributed by atoms with Crippen molar-refractivity contribution in [2.45, 2.75) is 34.6 Å². The number of hydrogen-bond acceptors (Lipinski definition) is 3. The third-order valence-electron chi connectivity index (χ3n) is 5.30. The molecule has 3 aromatic heterocycles. The maximum Gasteiger partial charge on any atom is 0.290 e. The van der Waals surface area contributed by atoms with Crippen LogP contribution in [0.5, 0.6) is 0 Å². The number of hydrogen-bond donors (Lipinski definition) is 1. The second-order valence-electron chi connectivity index (χ2n) is 7.67. The van der Waals surface area contributed by atoms with Gasteiger partial charge in [0.15, 0.2) is 0 Å². The molecule has 4 aromatic rings. The molecule has 1 aromatic carbocycles. The zero-order valence-corrected chi connectivity index (χ0v) is 17.9. The van der Waals surface area contributed by atoms with Gasteiger partial charge in [0, 0.05) is 28.8 Å². The Bertz CT molecular complexity index is 1280. The minimum Gasteiger partial charge on any atom is -0.318 e. The average Bonchev–Trinajstić information content (AvgIpc) is 3.17. The Kier molecular flexibility index (Phi) is 4.99. The van der Waals surface area contributed by atoms with Crippen molar-refractivity contribution in [2.24, 2.45) is 5.10 Å². The van der Waals surface area contributed by atoms with E-state index in [1.54, 1.807) is 10.6 Å². The summed E-state index contributed by atoms with van der Waals surface area (Å²) in [6, 6.07) is 14.4. The lowest BCUT2D eigenvalue weighted by Crippen LogP contribution is -2.20. The smallest absolute Gasteiger partial charge is 0.290 e. The Labute approximate surface area is 175 Å². The number of aromatic nitrogens is 3. The molecule has 30 heavy (non-hydrogen) atoms. The maximum atomic E-state index is 12.7. The van der Waals surface area contributed by atoms with Crippen molar-refractivity contribution in [3.05, 3.63) is 88.1 Å². The van der Waals surface area contributed by atoms with Crippen molar-refractivity contribution >= 4 is 17.8 Å². The van der Waals surface area contributed by atoms with Gasteiger partial charge in [-0.2, -0.15) is 5.10 Å². The maximum absolute atomic E-state index is 12.7. The van der Waals surface area contributed by atoms with E-state index in [4.69, 9.17) is 0 Å². The molecular formula is C24H25N5O. The SMILES string of the molecule is Cc1ccc(-n2c(C)cc(/C=N\NC(=O)c3c(C)nc4cc(C)ccn34)c2C)cc1. The van der Waals surface area contributed by atoms with Crippen LogP contribution in [0.4, 0.5) is 0 Å². The summed E-state index contributed by atoms with van der Waals surface area (Å²) in [5.74, 6) is -0.285. The second-order valence-corrected chi connectivity index (χ2v) is 7.67. The molecule has 0 aliphatic carbocycles. The van der Waals surface area contributed by atoms with Gasteiger partial charge in [0.1, 0.15) is 11.3 Å². The van der Waals surface area contributed by atoms with Gasteiger partial charge in [-0.05, 0) is 70.5 Å². The molecule has 152 valence electrons. The van der Waals surface area contributed by atoms with E-state index in [-0.39, 0.29) is 5.91 Å². The Morgan fingerprint density at radius 3 is 2.47 bits per heavy atom. The molecule has 0 radical (unpaired) electrons. The molecular weight excluding hydrogens is 374 g/mol. The quantitative estimate of drug-likeness (QED) is 0.408. The van der Waals surface area contributed by atoms with Gasteiger partial charge in [0.25, 0.3) is 5.91 Å². The Morgan fingerprint density at radius 2 is 1.73 bits per heavy atom. The number of amides is 1. The highest BCUT2D eigenvalue weighted by Gasteiger charge is 2.16. The van der Waals surface area contributed by atoms with Crippen LogP contribution in [0.1, 0.15) is 44.3 Å². The van der Waals surface area contributed by atoms with Crippen molar-refractivity contribution in [1.82, 2.24) is 19.4 Å². The Balaban J connectivity index is 1.57. The minimum absolute atomic E-state index is 0.285. The van der Waals surface area contributed by atoms with Gasteiger partial charge in [-0.1, -0.05) is 17.7 Å². The van der Waals surface area contributed by atoms with Crippen molar-refractivity contribution in [3.63, 3.8) is 0 Å². The fraction of sp³-hybridized carbons (Fsp3) is 0.208. The van der Waals surface area contributed by atoms with Crippen LogP contribution in [-0.4, -0.2) is 26.1 Å². The third kappa shape index (κ3) is 3.52. The molecule has 6 nitrogen and oxygen atoms in total. The first-order valence-electron chi connectivity index (χ1n) is 9.90. The van der Waals surface area contributed by atoms with Crippen LogP contribution in [0.3, 0.4) is 0 Å². The summed E-state index contributed by atoms with van der Waals surface area (Å²) < 4.78 is 3.97. The number of aryl methyl sites for hydroxylation is 4. The largest absolute Gasteiger partial charge is 0.318 e. The van der Waals surface area contributed by atoms with Crippen LogP contribution in [0.15, 0.2) is 53.8 Å². The molecule has 4 rings (SSSR count). The van der Waals surface area contributed by atoms with Gasteiger partial charge in [-0.3, -0.25) is 9.20 Å². The van der Waals surface area contributed by atoms with Gasteiger partial charge < -0.3 is 4.57 Å². The van der Waals surface area contributed by atoms with E-state index in [0.717, 1.165) is 33.8 Å². The number of imidazole rings is 1. The van der Waals surface area contributed by atoms with Crippen molar-refractivity contribution in [2.75, 3.05) is 0 Å². The molecule has 0 atom stereocenters. The Hall–Kier alpha value is -3.67. The number of nitrogens with zero attached hydrogens (tertiary/aromatic N) is 4. The summed E-state index contributed by atoms with van der Waals surface area (Å²) in [5.41, 5.74) is 11.1. The molecule has 1 amide bonds. The van der Waals surface area contributed by atoms with Crippen molar-refractivity contribution in [3.8, 4) is 5.69 Å². The van der Waals surface area contributed by atoms with Crippen molar-refractivity contribution < 1.29 is 4.79 Å². The second kappa shape index (κ2) is 7.63. The molecule has 0 fully saturated rings. The van der Waals surface area contributed by atoms with Crippen LogP contribution in [0, 0.1) is 34.6 Å². The normalized spacial score (nSPS) is 11.5. The van der Waals surface area contributed by atoms with E-state index in [9.17, 15) is 4.79 Å². The zero-order valence-electron chi connectivity index (χ0n) is 17.9. The standard InChI is InChI=1S/C24H25N5O/c1-15-6-8-21(9-7-15)29-17(3)13-20(19(29)5)14-25-27-24(30)23-18(4)26-22-12-16(2)10-11-28(22)23/h6-14H,1-5H3,(H,27,30)/b25-14-. The molecule has 0 aliphatic heterocycles. The van der Waals surface area contributed by atoms with Crippen LogP contribution < -0.4 is 5.43 Å². The molecule has 0 spiro atoms. The number of benzene rings is 1. The predicted molar refractivity (Wildman–Crippen MR) is 120 cm³/mol. The van der Waals surface area contributed by atoms with Gasteiger partial charge >= 0.3 is 0 Å². The van der Waals surface area contributed by atoms with E-state index < -0.39 is 0 Å². The van der Waals surface area contributed by atoms with Gasteiger partial charge in [-0.15, -0.1) is 0 Å². The van der Waals surface area contributed by atoms with Gasteiger partial charge in [0.2, 0.25) is 0 Å². The molecule has 0 saturated carbocycles. The Morgan fingerprint density at radius 1 is 1.00 bits per heavy atom. The van der Waals surface area contributed by atoms with Crippen LogP contribution in [0.2, 0.25) is 0 Å². The van der Waals surface area contributed by atoms with E-state index >= 15 is 0 Å². The molecule has 0 unspecified atom stereocenters. The lowest BCUT2D eigenvalue weighted by atomic mass is 10.2. The first-order valence-corrected chi connectivity index (χ1v) is 9.90. The van der Waals surface area contributed by atoms with E-state index in [1.807, 2.05) is 39.1 Å². The molecule has 6 heteroatoms. The topological polar surface area (TPSA) is 63.7 Å². The lowest BCUT2D eigenvalue weighted by Gasteiger charge is -2.09. The number of nitrogens with one attached hydrogen (secondary N) is 1. The first kappa shape index (κ1) is 19.6. The fourth-order valence-corrected chi connectivity index (χ4v) is 3.76. The first-order chi connectivity index (χ1) is 14.3. The van der Waals surface area contributed by atoms with E-state index in [1.165, 1.54) is 5.56 Å². The van der Waals surface area contributed by atoms with Crippen molar-refractivity contribution in [1.29, 1.82) is 0 Å². The molecule has 0 saturated heterocycles. The monoisotopic (exact) mass is 399 g/mol. The summed E-state index contributed by atoms with van der Waals surface area (Å²) in [4.78, 5) is 17.2. The summed E-state index contributed by atoms with van der Waals surface area (Å²) in [6.07, 6.45) is 3.55. The summed E-state index contributed by atoms with van der Waals surface area (Å²) in [7, 11) is 0. The van der Waals surface area contributed by atoms with Gasteiger partial charge in [-0.25, -0.2) is 10.4 Å². The van der Waals surface area contributed by atoms with Gasteiger partial charge in [0.05, 0.1) is 11.9 Å². The van der Waals surface area contributed by atoms with E-state index in [0.29, 0.717) is 11.4 Å². The summed E-state index contributed by atoms with van der Waals surface area (Å²) >= 11 is 0. The predicted octanol–water partition coefficient (Wildman–Crippen LogP) is 4.43. The molecule has 1 N–H and O–H groups in total. The highest BCUT2D eigenvalue weighted by Crippen LogP contribution is 2.20. The van der Waals surface area contributed by atoms with Crippen LogP contribution in [-0.2, 0) is 0 Å². The molecule has 0 bridgehead atoms. The summed E-state index contributed by atoms with van der Waals surface area (Å²) in [5, 5.41) is 4.21.